The van der Waals surface area contributed by atoms with Gasteiger partial charge in [-0.25, -0.2) is 4.79 Å². The second kappa shape index (κ2) is 7.24. The van der Waals surface area contributed by atoms with Crippen LogP contribution in [0.15, 0.2) is 12.2 Å². The van der Waals surface area contributed by atoms with Crippen LogP contribution in [0.1, 0.15) is 6.92 Å². The van der Waals surface area contributed by atoms with Crippen LogP contribution in [0.2, 0.25) is 52.4 Å². The van der Waals surface area contributed by atoms with Gasteiger partial charge in [0.25, 0.3) is 0 Å². The molecule has 0 fully saturated rings. The van der Waals surface area contributed by atoms with E-state index in [4.69, 9.17) is 13.0 Å². The van der Waals surface area contributed by atoms with Gasteiger partial charge in [0.1, 0.15) is 0 Å². The second-order valence-electron chi connectivity index (χ2n) is 8.15. The number of hydrogen-bond acceptors (Lipinski definition) is 5. The highest BCUT2D eigenvalue weighted by molar-refractivity contribution is 7.38. The van der Waals surface area contributed by atoms with Gasteiger partial charge < -0.3 is 17.8 Å². The van der Waals surface area contributed by atoms with Crippen molar-refractivity contribution in [2.75, 3.05) is 6.23 Å². The number of carbonyl (C=O) groups is 1. The maximum absolute atomic E-state index is 11.6. The lowest BCUT2D eigenvalue weighted by molar-refractivity contribution is -0.138. The van der Waals surface area contributed by atoms with Crippen molar-refractivity contribution in [1.82, 2.24) is 0 Å². The third-order valence-electron chi connectivity index (χ3n) is 3.42. The highest BCUT2D eigenvalue weighted by Gasteiger charge is 2.51. The first-order chi connectivity index (χ1) is 9.49. The van der Waals surface area contributed by atoms with E-state index in [1.54, 1.807) is 6.92 Å². The van der Waals surface area contributed by atoms with Crippen LogP contribution in [0.5, 0.6) is 0 Å². The normalized spacial score (nSPS) is 16.1. The Morgan fingerprint density at radius 3 is 1.77 bits per heavy atom. The fraction of sp³-hybridized carbons (Fsp3) is 0.769. The minimum absolute atomic E-state index is 0.204. The lowest BCUT2D eigenvalue weighted by Crippen LogP contribution is -2.65. The molecule has 5 nitrogen and oxygen atoms in total. The van der Waals surface area contributed by atoms with Crippen molar-refractivity contribution < 1.29 is 22.6 Å². The summed E-state index contributed by atoms with van der Waals surface area (Å²) in [6.07, 6.45) is -0.204. The average molecular weight is 381 g/mol. The van der Waals surface area contributed by atoms with Crippen LogP contribution in [0, 0.1) is 0 Å². The number of esters is 1. The maximum atomic E-state index is 11.6. The lowest BCUT2D eigenvalue weighted by Gasteiger charge is -2.42. The van der Waals surface area contributed by atoms with Gasteiger partial charge in [-0.05, 0) is 39.7 Å². The van der Waals surface area contributed by atoms with Gasteiger partial charge in [-0.3, -0.25) is 0 Å². The fourth-order valence-electron chi connectivity index (χ4n) is 1.39. The molecule has 0 spiro atoms. The molecule has 1 unspecified atom stereocenters. The number of carbonyl (C=O) groups excluding carboxylic acids is 1. The first-order valence-electron chi connectivity index (χ1n) is 7.44. The lowest BCUT2D eigenvalue weighted by atomic mass is 10.4. The van der Waals surface area contributed by atoms with Gasteiger partial charge in [0.2, 0.25) is 0 Å². The average Bonchev–Trinajstić information content (AvgIpc) is 2.20. The van der Waals surface area contributed by atoms with E-state index in [-0.39, 0.29) is 6.23 Å². The van der Waals surface area contributed by atoms with E-state index in [1.165, 1.54) is 0 Å². The zero-order valence-electron chi connectivity index (χ0n) is 15.5. The molecular weight excluding hydrogens is 348 g/mol. The van der Waals surface area contributed by atoms with Gasteiger partial charge in [-0.1, -0.05) is 26.2 Å². The van der Waals surface area contributed by atoms with Crippen LogP contribution in [-0.4, -0.2) is 49.5 Å². The number of rotatable bonds is 8. The monoisotopic (exact) mass is 380 g/mol. The third-order valence-corrected chi connectivity index (χ3v) is 26.3. The first kappa shape index (κ1) is 22.0. The summed E-state index contributed by atoms with van der Waals surface area (Å²) < 4.78 is 17.3. The van der Waals surface area contributed by atoms with Crippen molar-refractivity contribution in [2.45, 2.75) is 59.3 Å². The molecule has 0 aliphatic rings. The molecule has 0 aromatic rings. The summed E-state index contributed by atoms with van der Waals surface area (Å²) in [6.45, 7) is 22.0. The van der Waals surface area contributed by atoms with Gasteiger partial charge in [0.15, 0.2) is 22.4 Å². The van der Waals surface area contributed by atoms with Crippen LogP contribution < -0.4 is 0 Å². The Morgan fingerprint density at radius 1 is 1.00 bits per heavy atom. The number of ether oxygens (including phenoxy) is 1. The number of hydrogen-bond donors (Lipinski definition) is 1. The second-order valence-corrected chi connectivity index (χ2v) is 31.4. The molecule has 0 bridgehead atoms. The molecule has 0 aliphatic carbocycles. The van der Waals surface area contributed by atoms with E-state index in [9.17, 15) is 9.59 Å². The molecule has 0 saturated carbocycles. The largest absolute Gasteiger partial charge is 0.516 e. The molecule has 0 aliphatic heterocycles. The Hall–Kier alpha value is -0.0425. The summed E-state index contributed by atoms with van der Waals surface area (Å²) in [6, 6.07) is 0. The van der Waals surface area contributed by atoms with Crippen LogP contribution in [-0.2, 0) is 17.8 Å². The van der Waals surface area contributed by atoms with Crippen molar-refractivity contribution in [3.05, 3.63) is 12.2 Å². The smallest absolute Gasteiger partial charge is 0.458 e. The van der Waals surface area contributed by atoms with Gasteiger partial charge in [0, 0.05) is 5.57 Å². The quantitative estimate of drug-likeness (QED) is 0.398. The fourth-order valence-corrected chi connectivity index (χ4v) is 15.1. The summed E-state index contributed by atoms with van der Waals surface area (Å²) in [5, 5.41) is 0. The topological polar surface area (TPSA) is 65.0 Å². The Balaban J connectivity index is 5.27. The molecule has 0 aromatic heterocycles. The zero-order chi connectivity index (χ0) is 18.0. The van der Waals surface area contributed by atoms with E-state index in [1.807, 2.05) is 19.6 Å². The summed E-state index contributed by atoms with van der Waals surface area (Å²) in [7, 11) is -9.29. The highest BCUT2D eigenvalue weighted by atomic mass is 29.3. The SMILES string of the molecule is C=C(C)C(=O)OC[Si](O)(O[Si](C)(C)C)O[Si](C)(C)[Si](C)(C)C. The zero-order valence-corrected chi connectivity index (χ0v) is 19.5. The summed E-state index contributed by atoms with van der Waals surface area (Å²) >= 11 is 0. The molecular formula is C13H32O5Si4. The molecule has 0 amide bonds. The van der Waals surface area contributed by atoms with Gasteiger partial charge >= 0.3 is 14.8 Å². The van der Waals surface area contributed by atoms with E-state index < -0.39 is 38.5 Å². The molecule has 0 rings (SSSR count). The van der Waals surface area contributed by atoms with Crippen molar-refractivity contribution in [3.8, 4) is 0 Å². The Kier molecular flexibility index (Phi) is 7.23. The summed E-state index contributed by atoms with van der Waals surface area (Å²) in [5.41, 5.74) is 0.297. The van der Waals surface area contributed by atoms with Crippen LogP contribution >= 0.6 is 0 Å². The molecule has 9 heteroatoms. The van der Waals surface area contributed by atoms with Crippen LogP contribution in [0.4, 0.5) is 0 Å². The molecule has 0 aromatic carbocycles. The Bertz CT molecular complexity index is 425. The Labute approximate surface area is 139 Å². The van der Waals surface area contributed by atoms with E-state index >= 15 is 0 Å². The van der Waals surface area contributed by atoms with Crippen molar-refractivity contribution in [2.24, 2.45) is 0 Å². The maximum Gasteiger partial charge on any atom is 0.516 e. The van der Waals surface area contributed by atoms with Gasteiger partial charge in [-0.15, -0.1) is 0 Å². The van der Waals surface area contributed by atoms with Crippen molar-refractivity contribution in [1.29, 1.82) is 0 Å². The van der Waals surface area contributed by atoms with E-state index in [2.05, 4.69) is 39.3 Å². The molecule has 130 valence electrons. The van der Waals surface area contributed by atoms with Crippen molar-refractivity contribution >= 4 is 38.5 Å². The standard InChI is InChI=1S/C13H32O5Si4/c1-12(2)13(14)16-11-22(15,17-19(3,4)5)18-21(9,10)20(6,7)8/h15H,1,11H2,2-10H3. The molecule has 1 atom stereocenters. The van der Waals surface area contributed by atoms with Gasteiger partial charge in [0.05, 0.1) is 7.59 Å². The predicted molar refractivity (Wildman–Crippen MR) is 100 cm³/mol. The third kappa shape index (κ3) is 7.48. The summed E-state index contributed by atoms with van der Waals surface area (Å²) in [5.74, 6) is -0.527. The molecule has 0 heterocycles. The molecule has 22 heavy (non-hydrogen) atoms. The minimum atomic E-state index is -3.56. The van der Waals surface area contributed by atoms with Crippen LogP contribution in [0.25, 0.3) is 0 Å². The highest BCUT2D eigenvalue weighted by Crippen LogP contribution is 2.26. The van der Waals surface area contributed by atoms with Crippen molar-refractivity contribution in [3.63, 3.8) is 0 Å². The van der Waals surface area contributed by atoms with E-state index in [0.717, 1.165) is 0 Å². The Morgan fingerprint density at radius 2 is 1.45 bits per heavy atom. The molecule has 0 saturated heterocycles. The summed E-state index contributed by atoms with van der Waals surface area (Å²) in [4.78, 5) is 22.6. The molecule has 1 N–H and O–H groups in total. The molecule has 0 radical (unpaired) electrons. The van der Waals surface area contributed by atoms with Gasteiger partial charge in [-0.2, -0.15) is 0 Å². The van der Waals surface area contributed by atoms with Crippen LogP contribution in [0.3, 0.4) is 0 Å². The predicted octanol–water partition coefficient (Wildman–Crippen LogP) is 3.07. The van der Waals surface area contributed by atoms with E-state index in [0.29, 0.717) is 5.57 Å². The first-order valence-corrected chi connectivity index (χ1v) is 20.2. The minimum Gasteiger partial charge on any atom is -0.458 e.